The molecule has 1 heteroatoms. The number of benzene rings is 1. The van der Waals surface area contributed by atoms with E-state index in [2.05, 4.69) is 30.3 Å². The zero-order valence-corrected chi connectivity index (χ0v) is 7.46. The van der Waals surface area contributed by atoms with Crippen LogP contribution in [-0.4, -0.2) is 0 Å². The quantitative estimate of drug-likeness (QED) is 0.548. The number of fused-ring (bicyclic) bond motifs is 1. The van der Waals surface area contributed by atoms with Gasteiger partial charge in [-0.15, -0.1) is 0 Å². The minimum Gasteiger partial charge on any atom is -0.193 e. The van der Waals surface area contributed by atoms with Crippen LogP contribution in [0.1, 0.15) is 17.5 Å². The highest BCUT2D eigenvalue weighted by Gasteiger charge is 2.11. The lowest BCUT2D eigenvalue weighted by molar-refractivity contribution is 0.837. The SMILES string of the molecule is N#CC=C1CCc2ccccc2C1. The maximum absolute atomic E-state index is 8.54. The first-order valence-electron chi connectivity index (χ1n) is 4.54. The topological polar surface area (TPSA) is 23.8 Å². The molecule has 1 aliphatic rings. The highest BCUT2D eigenvalue weighted by atomic mass is 14.2. The fourth-order valence-corrected chi connectivity index (χ4v) is 1.82. The molecule has 1 nitrogen and oxygen atoms in total. The lowest BCUT2D eigenvalue weighted by Crippen LogP contribution is -2.04. The molecule has 0 saturated heterocycles. The van der Waals surface area contributed by atoms with Crippen molar-refractivity contribution in [2.45, 2.75) is 19.3 Å². The summed E-state index contributed by atoms with van der Waals surface area (Å²) in [6.45, 7) is 0. The molecule has 2 rings (SSSR count). The number of nitrogens with zero attached hydrogens (tertiary/aromatic N) is 1. The van der Waals surface area contributed by atoms with Crippen molar-refractivity contribution in [1.82, 2.24) is 0 Å². The summed E-state index contributed by atoms with van der Waals surface area (Å²) in [6.07, 6.45) is 4.79. The monoisotopic (exact) mass is 169 g/mol. The Kier molecular flexibility index (Phi) is 2.14. The fourth-order valence-electron chi connectivity index (χ4n) is 1.82. The van der Waals surface area contributed by atoms with Crippen molar-refractivity contribution < 1.29 is 0 Å². The lowest BCUT2D eigenvalue weighted by atomic mass is 9.88. The Labute approximate surface area is 78.3 Å². The number of hydrogen-bond donors (Lipinski definition) is 0. The van der Waals surface area contributed by atoms with Gasteiger partial charge < -0.3 is 0 Å². The van der Waals surface area contributed by atoms with Crippen molar-refractivity contribution in [3.05, 3.63) is 47.0 Å². The van der Waals surface area contributed by atoms with Crippen molar-refractivity contribution in [1.29, 1.82) is 5.26 Å². The van der Waals surface area contributed by atoms with Gasteiger partial charge in [-0.3, -0.25) is 0 Å². The number of nitriles is 1. The standard InChI is InChI=1S/C12H11N/c13-8-7-10-5-6-11-3-1-2-4-12(11)9-10/h1-4,7H,5-6,9H2. The van der Waals surface area contributed by atoms with E-state index >= 15 is 0 Å². The molecule has 0 saturated carbocycles. The molecule has 13 heavy (non-hydrogen) atoms. The summed E-state index contributed by atoms with van der Waals surface area (Å²) >= 11 is 0. The third-order valence-corrected chi connectivity index (χ3v) is 2.52. The third kappa shape index (κ3) is 1.62. The summed E-state index contributed by atoms with van der Waals surface area (Å²) in [4.78, 5) is 0. The van der Waals surface area contributed by atoms with Crippen molar-refractivity contribution >= 4 is 0 Å². The van der Waals surface area contributed by atoms with E-state index in [1.165, 1.54) is 16.7 Å². The zero-order valence-electron chi connectivity index (χ0n) is 7.46. The van der Waals surface area contributed by atoms with E-state index in [9.17, 15) is 0 Å². The Balaban J connectivity index is 2.31. The van der Waals surface area contributed by atoms with Gasteiger partial charge in [0.25, 0.3) is 0 Å². The second-order valence-electron chi connectivity index (χ2n) is 3.38. The van der Waals surface area contributed by atoms with Gasteiger partial charge in [0, 0.05) is 6.08 Å². The molecule has 0 radical (unpaired) electrons. The van der Waals surface area contributed by atoms with E-state index in [1.54, 1.807) is 6.08 Å². The molecule has 0 unspecified atom stereocenters. The summed E-state index contributed by atoms with van der Waals surface area (Å²) in [5.41, 5.74) is 4.09. The van der Waals surface area contributed by atoms with Gasteiger partial charge in [-0.2, -0.15) is 5.26 Å². The minimum atomic E-state index is 0.962. The first kappa shape index (κ1) is 8.07. The van der Waals surface area contributed by atoms with E-state index < -0.39 is 0 Å². The van der Waals surface area contributed by atoms with Gasteiger partial charge in [0.2, 0.25) is 0 Å². The maximum atomic E-state index is 8.54. The molecule has 1 aromatic rings. The average molecular weight is 169 g/mol. The Morgan fingerprint density at radius 3 is 2.69 bits per heavy atom. The first-order valence-corrected chi connectivity index (χ1v) is 4.54. The van der Waals surface area contributed by atoms with Crippen LogP contribution < -0.4 is 0 Å². The summed E-state index contributed by atoms with van der Waals surface area (Å²) in [6, 6.07) is 10.6. The van der Waals surface area contributed by atoms with Crippen LogP contribution in [0.2, 0.25) is 0 Å². The molecule has 0 aliphatic heterocycles. The number of aryl methyl sites for hydroxylation is 1. The highest BCUT2D eigenvalue weighted by molar-refractivity contribution is 5.36. The lowest BCUT2D eigenvalue weighted by Gasteiger charge is -2.17. The second-order valence-corrected chi connectivity index (χ2v) is 3.38. The number of allylic oxidation sites excluding steroid dienone is 2. The second kappa shape index (κ2) is 3.45. The van der Waals surface area contributed by atoms with Crippen LogP contribution in [0, 0.1) is 11.3 Å². The Morgan fingerprint density at radius 2 is 1.92 bits per heavy atom. The number of hydrogen-bond acceptors (Lipinski definition) is 1. The molecular formula is C12H11N. The van der Waals surface area contributed by atoms with Crippen LogP contribution in [0.3, 0.4) is 0 Å². The van der Waals surface area contributed by atoms with Crippen LogP contribution in [0.15, 0.2) is 35.9 Å². The molecule has 1 aromatic carbocycles. The van der Waals surface area contributed by atoms with Crippen LogP contribution in [0.5, 0.6) is 0 Å². The van der Waals surface area contributed by atoms with Crippen LogP contribution in [0.25, 0.3) is 0 Å². The van der Waals surface area contributed by atoms with Crippen molar-refractivity contribution in [2.24, 2.45) is 0 Å². The largest absolute Gasteiger partial charge is 0.193 e. The molecule has 0 fully saturated rings. The average Bonchev–Trinajstić information content (AvgIpc) is 2.18. The van der Waals surface area contributed by atoms with Crippen molar-refractivity contribution in [3.8, 4) is 6.07 Å². The summed E-state index contributed by atoms with van der Waals surface area (Å²) in [5, 5.41) is 8.54. The molecule has 0 aromatic heterocycles. The minimum absolute atomic E-state index is 0.962. The van der Waals surface area contributed by atoms with Crippen LogP contribution >= 0.6 is 0 Å². The molecule has 0 N–H and O–H groups in total. The molecule has 1 aliphatic carbocycles. The smallest absolute Gasteiger partial charge is 0.0911 e. The van der Waals surface area contributed by atoms with Gasteiger partial charge in [-0.25, -0.2) is 0 Å². The highest BCUT2D eigenvalue weighted by Crippen LogP contribution is 2.24. The maximum Gasteiger partial charge on any atom is 0.0911 e. The predicted octanol–water partition coefficient (Wildman–Crippen LogP) is 2.63. The van der Waals surface area contributed by atoms with Crippen molar-refractivity contribution in [3.63, 3.8) is 0 Å². The summed E-state index contributed by atoms with van der Waals surface area (Å²) in [5.74, 6) is 0. The predicted molar refractivity (Wildman–Crippen MR) is 52.2 cm³/mol. The fraction of sp³-hybridized carbons (Fsp3) is 0.250. The van der Waals surface area contributed by atoms with Gasteiger partial charge in [0.15, 0.2) is 0 Å². The van der Waals surface area contributed by atoms with E-state index in [0.29, 0.717) is 0 Å². The van der Waals surface area contributed by atoms with E-state index in [1.807, 2.05) is 0 Å². The van der Waals surface area contributed by atoms with E-state index in [4.69, 9.17) is 5.26 Å². The molecule has 0 spiro atoms. The number of rotatable bonds is 0. The summed E-state index contributed by atoms with van der Waals surface area (Å²) < 4.78 is 0. The Morgan fingerprint density at radius 1 is 1.15 bits per heavy atom. The Hall–Kier alpha value is -1.55. The Bertz CT molecular complexity index is 382. The molecule has 64 valence electrons. The van der Waals surface area contributed by atoms with E-state index in [-0.39, 0.29) is 0 Å². The van der Waals surface area contributed by atoms with Gasteiger partial charge >= 0.3 is 0 Å². The molecule has 0 amide bonds. The molecular weight excluding hydrogens is 158 g/mol. The van der Waals surface area contributed by atoms with Gasteiger partial charge in [-0.05, 0) is 30.4 Å². The van der Waals surface area contributed by atoms with Gasteiger partial charge in [0.05, 0.1) is 6.07 Å². The third-order valence-electron chi connectivity index (χ3n) is 2.52. The molecule has 0 heterocycles. The normalized spacial score (nSPS) is 17.9. The molecule has 0 bridgehead atoms. The van der Waals surface area contributed by atoms with E-state index in [0.717, 1.165) is 19.3 Å². The van der Waals surface area contributed by atoms with Crippen LogP contribution in [0.4, 0.5) is 0 Å². The van der Waals surface area contributed by atoms with Gasteiger partial charge in [0.1, 0.15) is 0 Å². The zero-order chi connectivity index (χ0) is 9.10. The first-order chi connectivity index (χ1) is 6.40. The van der Waals surface area contributed by atoms with Crippen molar-refractivity contribution in [2.75, 3.05) is 0 Å². The summed E-state index contributed by atoms with van der Waals surface area (Å²) in [7, 11) is 0. The molecule has 0 atom stereocenters. The van der Waals surface area contributed by atoms with Gasteiger partial charge in [-0.1, -0.05) is 29.8 Å². The van der Waals surface area contributed by atoms with Crippen LogP contribution in [-0.2, 0) is 12.8 Å².